The monoisotopic (exact) mass is 240 g/mol. The number of nitrogens with zero attached hydrogens (tertiary/aromatic N) is 1. The summed E-state index contributed by atoms with van der Waals surface area (Å²) < 4.78 is 0. The lowest BCUT2D eigenvalue weighted by Gasteiger charge is -2.38. The molecule has 1 N–H and O–H groups in total. The van der Waals surface area contributed by atoms with Gasteiger partial charge >= 0.3 is 0 Å². The first-order valence-corrected chi connectivity index (χ1v) is 7.73. The van der Waals surface area contributed by atoms with E-state index < -0.39 is 0 Å². The second-order valence-electron chi connectivity index (χ2n) is 5.48. The molecule has 0 aliphatic heterocycles. The van der Waals surface area contributed by atoms with Crippen LogP contribution in [0.3, 0.4) is 0 Å². The Kier molecular flexibility index (Phi) is 7.14. The molecule has 0 aromatic carbocycles. The van der Waals surface area contributed by atoms with Crippen LogP contribution in [0.5, 0.6) is 0 Å². The Morgan fingerprint density at radius 3 is 2.29 bits per heavy atom. The summed E-state index contributed by atoms with van der Waals surface area (Å²) in [7, 11) is 0. The van der Waals surface area contributed by atoms with Gasteiger partial charge in [0.15, 0.2) is 0 Å². The highest BCUT2D eigenvalue weighted by atomic mass is 15.2. The second-order valence-corrected chi connectivity index (χ2v) is 5.48. The number of rotatable bonds is 8. The van der Waals surface area contributed by atoms with Gasteiger partial charge in [0.05, 0.1) is 0 Å². The van der Waals surface area contributed by atoms with Gasteiger partial charge in [0.25, 0.3) is 0 Å². The summed E-state index contributed by atoms with van der Waals surface area (Å²) in [4.78, 5) is 2.74. The fourth-order valence-corrected chi connectivity index (χ4v) is 3.33. The zero-order valence-electron chi connectivity index (χ0n) is 12.3. The van der Waals surface area contributed by atoms with Crippen molar-refractivity contribution in [1.29, 1.82) is 0 Å². The van der Waals surface area contributed by atoms with Gasteiger partial charge in [-0.15, -0.1) is 0 Å². The van der Waals surface area contributed by atoms with Crippen LogP contribution >= 0.6 is 0 Å². The minimum absolute atomic E-state index is 0.662. The molecule has 0 radical (unpaired) electrons. The molecule has 0 spiro atoms. The molecule has 0 amide bonds. The van der Waals surface area contributed by atoms with Crippen LogP contribution in [-0.4, -0.2) is 36.1 Å². The SMILES string of the molecule is CCCNC(CC)C(C)N(CC)C1CCCC1. The van der Waals surface area contributed by atoms with E-state index >= 15 is 0 Å². The standard InChI is InChI=1S/C15H32N2/c1-5-12-16-15(6-2)13(4)17(7-3)14-10-8-9-11-14/h13-16H,5-12H2,1-4H3. The van der Waals surface area contributed by atoms with E-state index in [2.05, 4.69) is 37.9 Å². The average Bonchev–Trinajstić information content (AvgIpc) is 2.85. The van der Waals surface area contributed by atoms with Crippen molar-refractivity contribution in [2.45, 2.75) is 84.3 Å². The van der Waals surface area contributed by atoms with Crippen molar-refractivity contribution in [2.24, 2.45) is 0 Å². The minimum Gasteiger partial charge on any atom is -0.312 e. The molecular weight excluding hydrogens is 208 g/mol. The van der Waals surface area contributed by atoms with Crippen LogP contribution in [-0.2, 0) is 0 Å². The summed E-state index contributed by atoms with van der Waals surface area (Å²) >= 11 is 0. The van der Waals surface area contributed by atoms with Crippen molar-refractivity contribution in [3.05, 3.63) is 0 Å². The van der Waals surface area contributed by atoms with E-state index in [9.17, 15) is 0 Å². The van der Waals surface area contributed by atoms with Gasteiger partial charge in [-0.1, -0.05) is 33.6 Å². The molecule has 1 aliphatic rings. The van der Waals surface area contributed by atoms with E-state index in [1.807, 2.05) is 0 Å². The lowest BCUT2D eigenvalue weighted by molar-refractivity contribution is 0.121. The Hall–Kier alpha value is -0.0800. The van der Waals surface area contributed by atoms with Crippen LogP contribution in [0.15, 0.2) is 0 Å². The maximum atomic E-state index is 3.72. The summed E-state index contributed by atoms with van der Waals surface area (Å²) in [6, 6.07) is 2.20. The van der Waals surface area contributed by atoms with E-state index in [4.69, 9.17) is 0 Å². The van der Waals surface area contributed by atoms with Crippen molar-refractivity contribution in [1.82, 2.24) is 10.2 Å². The molecule has 0 aromatic rings. The highest BCUT2D eigenvalue weighted by molar-refractivity contribution is 4.86. The quantitative estimate of drug-likeness (QED) is 0.699. The smallest absolute Gasteiger partial charge is 0.0223 e. The number of nitrogens with one attached hydrogen (secondary N) is 1. The summed E-state index contributed by atoms with van der Waals surface area (Å²) in [5, 5.41) is 3.72. The average molecular weight is 240 g/mol. The van der Waals surface area contributed by atoms with Crippen LogP contribution in [0.4, 0.5) is 0 Å². The zero-order chi connectivity index (χ0) is 12.7. The van der Waals surface area contributed by atoms with Crippen LogP contribution in [0.2, 0.25) is 0 Å². The van der Waals surface area contributed by atoms with Gasteiger partial charge in [0.2, 0.25) is 0 Å². The van der Waals surface area contributed by atoms with Crippen molar-refractivity contribution in [2.75, 3.05) is 13.1 Å². The Morgan fingerprint density at radius 1 is 1.18 bits per heavy atom. The molecule has 2 atom stereocenters. The maximum absolute atomic E-state index is 3.72. The lowest BCUT2D eigenvalue weighted by Crippen LogP contribution is -2.51. The molecule has 2 heteroatoms. The largest absolute Gasteiger partial charge is 0.312 e. The highest BCUT2D eigenvalue weighted by Crippen LogP contribution is 2.26. The minimum atomic E-state index is 0.662. The van der Waals surface area contributed by atoms with Crippen LogP contribution in [0.1, 0.15) is 66.2 Å². The van der Waals surface area contributed by atoms with Crippen molar-refractivity contribution < 1.29 is 0 Å². The molecule has 0 saturated heterocycles. The first-order chi connectivity index (χ1) is 8.24. The Balaban J connectivity index is 2.52. The van der Waals surface area contributed by atoms with Gasteiger partial charge in [-0.25, -0.2) is 0 Å². The second kappa shape index (κ2) is 8.10. The van der Waals surface area contributed by atoms with Gasteiger partial charge in [-0.3, -0.25) is 4.90 Å². The van der Waals surface area contributed by atoms with Crippen molar-refractivity contribution in [3.63, 3.8) is 0 Å². The van der Waals surface area contributed by atoms with Crippen LogP contribution in [0, 0.1) is 0 Å². The molecule has 2 unspecified atom stereocenters. The molecule has 1 fully saturated rings. The van der Waals surface area contributed by atoms with Crippen LogP contribution < -0.4 is 5.32 Å². The Morgan fingerprint density at radius 2 is 1.82 bits per heavy atom. The van der Waals surface area contributed by atoms with Gasteiger partial charge in [0, 0.05) is 18.1 Å². The topological polar surface area (TPSA) is 15.3 Å². The summed E-state index contributed by atoms with van der Waals surface area (Å²) in [5.41, 5.74) is 0. The Bertz CT molecular complexity index is 187. The van der Waals surface area contributed by atoms with Crippen molar-refractivity contribution in [3.8, 4) is 0 Å². The van der Waals surface area contributed by atoms with Gasteiger partial charge in [-0.2, -0.15) is 0 Å². The van der Waals surface area contributed by atoms with Gasteiger partial charge in [0.1, 0.15) is 0 Å². The Labute approximate surface area is 108 Å². The molecular formula is C15H32N2. The van der Waals surface area contributed by atoms with Crippen molar-refractivity contribution >= 4 is 0 Å². The molecule has 1 rings (SSSR count). The molecule has 2 nitrogen and oxygen atoms in total. The third-order valence-corrected chi connectivity index (χ3v) is 4.36. The third kappa shape index (κ3) is 4.26. The normalized spacial score (nSPS) is 21.0. The van der Waals surface area contributed by atoms with Gasteiger partial charge in [-0.05, 0) is 45.7 Å². The maximum Gasteiger partial charge on any atom is 0.0223 e. The van der Waals surface area contributed by atoms with Gasteiger partial charge < -0.3 is 5.32 Å². The summed E-state index contributed by atoms with van der Waals surface area (Å²) in [6.45, 7) is 11.7. The van der Waals surface area contributed by atoms with E-state index in [-0.39, 0.29) is 0 Å². The molecule has 0 bridgehead atoms. The number of hydrogen-bond donors (Lipinski definition) is 1. The fraction of sp³-hybridized carbons (Fsp3) is 1.00. The molecule has 0 heterocycles. The zero-order valence-corrected chi connectivity index (χ0v) is 12.3. The molecule has 0 aromatic heterocycles. The molecule has 102 valence electrons. The lowest BCUT2D eigenvalue weighted by atomic mass is 10.0. The summed E-state index contributed by atoms with van der Waals surface area (Å²) in [5.74, 6) is 0. The molecule has 1 saturated carbocycles. The highest BCUT2D eigenvalue weighted by Gasteiger charge is 2.28. The molecule has 17 heavy (non-hydrogen) atoms. The van der Waals surface area contributed by atoms with E-state index in [1.54, 1.807) is 0 Å². The number of hydrogen-bond acceptors (Lipinski definition) is 2. The van der Waals surface area contributed by atoms with Crippen LogP contribution in [0.25, 0.3) is 0 Å². The molecule has 1 aliphatic carbocycles. The van der Waals surface area contributed by atoms with E-state index in [1.165, 1.54) is 45.1 Å². The summed E-state index contributed by atoms with van der Waals surface area (Å²) in [6.07, 6.45) is 8.19. The fourth-order valence-electron chi connectivity index (χ4n) is 3.33. The predicted octanol–water partition coefficient (Wildman–Crippen LogP) is 3.42. The first-order valence-electron chi connectivity index (χ1n) is 7.73. The third-order valence-electron chi connectivity index (χ3n) is 4.36. The van der Waals surface area contributed by atoms with E-state index in [0.717, 1.165) is 12.6 Å². The number of likely N-dealkylation sites (N-methyl/N-ethyl adjacent to an activating group) is 1. The first kappa shape index (κ1) is 15.0. The van der Waals surface area contributed by atoms with E-state index in [0.29, 0.717) is 12.1 Å². The predicted molar refractivity (Wildman–Crippen MR) is 76.5 cm³/mol.